The van der Waals surface area contributed by atoms with Crippen LogP contribution in [0.4, 0.5) is 5.13 Å². The SMILES string of the molecule is CCN(C(=O)c1nc(OC)cc(OC)n1)c1nc2ccccc2s1. The molecule has 0 aliphatic heterocycles. The lowest BCUT2D eigenvalue weighted by Crippen LogP contribution is -2.32. The summed E-state index contributed by atoms with van der Waals surface area (Å²) in [6.07, 6.45) is 0. The van der Waals surface area contributed by atoms with Crippen LogP contribution in [0.15, 0.2) is 30.3 Å². The Morgan fingerprint density at radius 2 is 1.79 bits per heavy atom. The van der Waals surface area contributed by atoms with Crippen molar-refractivity contribution >= 4 is 32.6 Å². The first-order valence-corrected chi connectivity index (χ1v) is 8.12. The molecule has 7 nitrogen and oxygen atoms in total. The Kier molecular flexibility index (Phi) is 4.57. The Morgan fingerprint density at radius 3 is 2.38 bits per heavy atom. The van der Waals surface area contributed by atoms with E-state index in [1.165, 1.54) is 31.6 Å². The van der Waals surface area contributed by atoms with Crippen LogP contribution in [-0.4, -0.2) is 41.6 Å². The quantitative estimate of drug-likeness (QED) is 0.708. The molecule has 0 saturated carbocycles. The molecule has 2 heterocycles. The largest absolute Gasteiger partial charge is 0.481 e. The molecule has 24 heavy (non-hydrogen) atoms. The van der Waals surface area contributed by atoms with Crippen LogP contribution in [0.3, 0.4) is 0 Å². The van der Waals surface area contributed by atoms with Gasteiger partial charge in [-0.25, -0.2) is 4.98 Å². The van der Waals surface area contributed by atoms with Gasteiger partial charge >= 0.3 is 0 Å². The molecule has 0 bridgehead atoms. The van der Waals surface area contributed by atoms with Crippen molar-refractivity contribution in [1.82, 2.24) is 15.0 Å². The van der Waals surface area contributed by atoms with Gasteiger partial charge in [0.1, 0.15) is 0 Å². The number of nitrogens with zero attached hydrogens (tertiary/aromatic N) is 4. The van der Waals surface area contributed by atoms with Gasteiger partial charge in [0.2, 0.25) is 17.6 Å². The van der Waals surface area contributed by atoms with E-state index in [0.717, 1.165) is 10.2 Å². The number of carbonyl (C=O) groups is 1. The third-order valence-corrected chi connectivity index (χ3v) is 4.42. The minimum Gasteiger partial charge on any atom is -0.481 e. The second-order valence-electron chi connectivity index (χ2n) is 4.79. The molecule has 124 valence electrons. The van der Waals surface area contributed by atoms with Gasteiger partial charge in [0, 0.05) is 6.54 Å². The van der Waals surface area contributed by atoms with E-state index < -0.39 is 0 Å². The smallest absolute Gasteiger partial charge is 0.298 e. The fourth-order valence-electron chi connectivity index (χ4n) is 2.17. The first-order chi connectivity index (χ1) is 11.7. The van der Waals surface area contributed by atoms with Gasteiger partial charge in [-0.2, -0.15) is 9.97 Å². The summed E-state index contributed by atoms with van der Waals surface area (Å²) in [5, 5.41) is 0.606. The molecule has 1 aromatic carbocycles. The summed E-state index contributed by atoms with van der Waals surface area (Å²) in [5.74, 6) is 0.192. The molecular weight excluding hydrogens is 328 g/mol. The Morgan fingerprint density at radius 1 is 1.12 bits per heavy atom. The van der Waals surface area contributed by atoms with Crippen LogP contribution >= 0.6 is 11.3 Å². The predicted molar refractivity (Wildman–Crippen MR) is 92.1 cm³/mol. The van der Waals surface area contributed by atoms with Crippen molar-refractivity contribution in [3.63, 3.8) is 0 Å². The maximum Gasteiger partial charge on any atom is 0.298 e. The molecule has 3 aromatic rings. The predicted octanol–water partition coefficient (Wildman–Crippen LogP) is 2.77. The van der Waals surface area contributed by atoms with E-state index in [4.69, 9.17) is 9.47 Å². The molecule has 0 fully saturated rings. The Balaban J connectivity index is 1.99. The molecular formula is C16H16N4O3S. The summed E-state index contributed by atoms with van der Waals surface area (Å²) in [5.41, 5.74) is 0.855. The topological polar surface area (TPSA) is 77.4 Å². The highest BCUT2D eigenvalue weighted by molar-refractivity contribution is 7.22. The van der Waals surface area contributed by atoms with Gasteiger partial charge in [-0.05, 0) is 19.1 Å². The van der Waals surface area contributed by atoms with Crippen molar-refractivity contribution in [1.29, 1.82) is 0 Å². The van der Waals surface area contributed by atoms with Crippen LogP contribution in [0.2, 0.25) is 0 Å². The first-order valence-electron chi connectivity index (χ1n) is 7.30. The van der Waals surface area contributed by atoms with Gasteiger partial charge in [0.15, 0.2) is 5.13 Å². The molecule has 0 atom stereocenters. The van der Waals surface area contributed by atoms with Gasteiger partial charge in [-0.1, -0.05) is 23.5 Å². The lowest BCUT2D eigenvalue weighted by molar-refractivity contribution is 0.0976. The van der Waals surface area contributed by atoms with Crippen LogP contribution < -0.4 is 14.4 Å². The summed E-state index contributed by atoms with van der Waals surface area (Å²) in [7, 11) is 2.95. The highest BCUT2D eigenvalue weighted by Gasteiger charge is 2.23. The highest BCUT2D eigenvalue weighted by Crippen LogP contribution is 2.29. The van der Waals surface area contributed by atoms with Gasteiger partial charge in [-0.3, -0.25) is 9.69 Å². The van der Waals surface area contributed by atoms with E-state index in [1.54, 1.807) is 4.90 Å². The molecule has 0 N–H and O–H groups in total. The average Bonchev–Trinajstić information content (AvgIpc) is 3.05. The monoisotopic (exact) mass is 344 g/mol. The van der Waals surface area contributed by atoms with E-state index in [0.29, 0.717) is 11.7 Å². The minimum absolute atomic E-state index is 0.00676. The zero-order chi connectivity index (χ0) is 17.1. The number of benzene rings is 1. The zero-order valence-corrected chi connectivity index (χ0v) is 14.3. The molecule has 2 aromatic heterocycles. The van der Waals surface area contributed by atoms with Crippen LogP contribution in [0.25, 0.3) is 10.2 Å². The number of methoxy groups -OCH3 is 2. The van der Waals surface area contributed by atoms with Crippen LogP contribution in [0.5, 0.6) is 11.8 Å². The van der Waals surface area contributed by atoms with Crippen molar-refractivity contribution in [3.05, 3.63) is 36.2 Å². The third-order valence-electron chi connectivity index (χ3n) is 3.36. The number of ether oxygens (including phenoxy) is 2. The normalized spacial score (nSPS) is 10.6. The lowest BCUT2D eigenvalue weighted by atomic mass is 10.3. The molecule has 3 rings (SSSR count). The Labute approximate surface area is 142 Å². The summed E-state index contributed by atoms with van der Waals surface area (Å²) >= 11 is 1.45. The van der Waals surface area contributed by atoms with Gasteiger partial charge in [0.05, 0.1) is 30.5 Å². The minimum atomic E-state index is -0.353. The van der Waals surface area contributed by atoms with E-state index >= 15 is 0 Å². The van der Waals surface area contributed by atoms with E-state index in [1.807, 2.05) is 31.2 Å². The Bertz CT molecular complexity index is 825. The fraction of sp³-hybridized carbons (Fsp3) is 0.250. The number of rotatable bonds is 5. The number of anilines is 1. The summed E-state index contributed by atoms with van der Waals surface area (Å²) in [6.45, 7) is 2.32. The molecule has 0 aliphatic rings. The molecule has 0 aliphatic carbocycles. The highest BCUT2D eigenvalue weighted by atomic mass is 32.1. The van der Waals surface area contributed by atoms with Crippen LogP contribution in [0.1, 0.15) is 17.5 Å². The van der Waals surface area contributed by atoms with Gasteiger partial charge < -0.3 is 9.47 Å². The van der Waals surface area contributed by atoms with Crippen molar-refractivity contribution in [3.8, 4) is 11.8 Å². The van der Waals surface area contributed by atoms with Crippen molar-refractivity contribution in [2.45, 2.75) is 6.92 Å². The summed E-state index contributed by atoms with van der Waals surface area (Å²) in [6, 6.07) is 9.27. The van der Waals surface area contributed by atoms with Gasteiger partial charge in [0.25, 0.3) is 5.91 Å². The van der Waals surface area contributed by atoms with Crippen LogP contribution in [-0.2, 0) is 0 Å². The molecule has 8 heteroatoms. The number of hydrogen-bond donors (Lipinski definition) is 0. The first kappa shape index (κ1) is 16.1. The van der Waals surface area contributed by atoms with E-state index in [2.05, 4.69) is 15.0 Å². The standard InChI is InChI=1S/C16H16N4O3S/c1-4-20(16-17-10-7-5-6-8-11(10)24-16)15(21)14-18-12(22-2)9-13(19-14)23-3/h5-9H,4H2,1-3H3. The maximum atomic E-state index is 12.8. The Hall–Kier alpha value is -2.74. The van der Waals surface area contributed by atoms with Crippen molar-refractivity contribution in [2.24, 2.45) is 0 Å². The number of thiazole rings is 1. The molecule has 0 spiro atoms. The molecule has 0 radical (unpaired) electrons. The van der Waals surface area contributed by atoms with E-state index in [-0.39, 0.29) is 23.5 Å². The summed E-state index contributed by atoms with van der Waals surface area (Å²) < 4.78 is 11.2. The second-order valence-corrected chi connectivity index (χ2v) is 5.80. The molecule has 0 unspecified atom stereocenters. The van der Waals surface area contributed by atoms with Crippen LogP contribution in [0, 0.1) is 0 Å². The third kappa shape index (κ3) is 3.00. The molecule has 1 amide bonds. The van der Waals surface area contributed by atoms with Crippen molar-refractivity contribution < 1.29 is 14.3 Å². The van der Waals surface area contributed by atoms with Gasteiger partial charge in [-0.15, -0.1) is 0 Å². The second kappa shape index (κ2) is 6.79. The number of amides is 1. The number of hydrogen-bond acceptors (Lipinski definition) is 7. The average molecular weight is 344 g/mol. The zero-order valence-electron chi connectivity index (χ0n) is 13.5. The number of fused-ring (bicyclic) bond motifs is 1. The number of carbonyl (C=O) groups excluding carboxylic acids is 1. The maximum absolute atomic E-state index is 12.8. The number of para-hydroxylation sites is 1. The van der Waals surface area contributed by atoms with E-state index in [9.17, 15) is 4.79 Å². The van der Waals surface area contributed by atoms with Crippen molar-refractivity contribution in [2.75, 3.05) is 25.7 Å². The molecule has 0 saturated heterocycles. The lowest BCUT2D eigenvalue weighted by Gasteiger charge is -2.17. The number of aromatic nitrogens is 3. The summed E-state index contributed by atoms with van der Waals surface area (Å²) in [4.78, 5) is 27.1. The fourth-order valence-corrected chi connectivity index (χ4v) is 3.20.